The maximum Gasteiger partial charge on any atom is 0.343 e. The molecule has 0 radical (unpaired) electrons. The number of nitrogens with zero attached hydrogens (tertiary/aromatic N) is 3. The SMILES string of the molecule is CCN(CC)c1ccc2c(-c3ccccc3C(=O)N3CCCC3C(=O)NC(CS(=O)(=O)[O-])C(=O)CCCCCCC(=O)NCc3ccc(C(Br)P(=O)(O)O)cc3)c3ccc(=[N+](CC)CC)cc-3oc2c1. The van der Waals surface area contributed by atoms with Crippen LogP contribution in [-0.4, -0.2) is 102 Å². The van der Waals surface area contributed by atoms with Gasteiger partial charge in [-0.3, -0.25) is 23.7 Å². The van der Waals surface area contributed by atoms with E-state index in [1.54, 1.807) is 36.4 Å². The van der Waals surface area contributed by atoms with Crippen LogP contribution < -0.4 is 25.5 Å². The summed E-state index contributed by atoms with van der Waals surface area (Å²) in [4.78, 5) is 77.2. The molecule has 2 aliphatic heterocycles. The summed E-state index contributed by atoms with van der Waals surface area (Å²) in [5.41, 5.74) is 5.39. The molecule has 0 aromatic heterocycles. The normalized spacial score (nSPS) is 14.9. The first-order chi connectivity index (χ1) is 33.4. The average Bonchev–Trinajstić information content (AvgIpc) is 3.84. The van der Waals surface area contributed by atoms with Crippen molar-refractivity contribution in [3.05, 3.63) is 107 Å². The van der Waals surface area contributed by atoms with Gasteiger partial charge in [-0.05, 0) is 94.3 Å². The Kier molecular flexibility index (Phi) is 18.8. The van der Waals surface area contributed by atoms with E-state index < -0.39 is 57.7 Å². The number of hydrogen-bond donors (Lipinski definition) is 4. The van der Waals surface area contributed by atoms with E-state index in [-0.39, 0.29) is 38.3 Å². The van der Waals surface area contributed by atoms with Crippen LogP contribution in [0.5, 0.6) is 0 Å². The summed E-state index contributed by atoms with van der Waals surface area (Å²) in [6.07, 6.45) is 2.79. The summed E-state index contributed by atoms with van der Waals surface area (Å²) in [7, 11) is -9.30. The number of carbonyl (C=O) groups excluding carboxylic acids is 4. The topological polar surface area (TPSA) is 230 Å². The second-order valence-corrected chi connectivity index (χ2v) is 22.3. The molecular weight excluding hydrogens is 1000 g/mol. The van der Waals surface area contributed by atoms with E-state index in [0.29, 0.717) is 60.1 Å². The Morgan fingerprint density at radius 1 is 0.900 bits per heavy atom. The van der Waals surface area contributed by atoms with Gasteiger partial charge in [0.2, 0.25) is 17.2 Å². The van der Waals surface area contributed by atoms with Crippen LogP contribution in [0.3, 0.4) is 0 Å². The lowest BCUT2D eigenvalue weighted by Crippen LogP contribution is -2.52. The molecule has 3 aliphatic rings. The van der Waals surface area contributed by atoms with Crippen molar-refractivity contribution < 1.29 is 50.9 Å². The molecule has 4 N–H and O–H groups in total. The Balaban J connectivity index is 1.13. The molecule has 0 bridgehead atoms. The Morgan fingerprint density at radius 2 is 1.59 bits per heavy atom. The predicted molar refractivity (Wildman–Crippen MR) is 273 cm³/mol. The third kappa shape index (κ3) is 13.6. The van der Waals surface area contributed by atoms with E-state index in [4.69, 9.17) is 4.42 Å². The highest BCUT2D eigenvalue weighted by Gasteiger charge is 2.38. The molecule has 0 saturated carbocycles. The Labute approximate surface area is 417 Å². The summed E-state index contributed by atoms with van der Waals surface area (Å²) in [5, 5.41) is 7.14. The molecule has 2 heterocycles. The molecule has 376 valence electrons. The molecule has 16 nitrogen and oxygen atoms in total. The maximum atomic E-state index is 14.8. The standard InChI is InChI=1S/C51H63BrN5O11PS/c1-5-55(6-2)36-25-27-40-45(30-36)68-46-31-37(56(7-3)8-4)26-28-41(46)48(40)38-16-13-14-17-39(38)51(61)57-29-15-18-43(57)50(60)54-42(33-70(65,66)67)44(58)19-11-9-10-12-20-47(59)53-32-34-21-23-35(24-22-34)49(52)69(62,63)64/h13-14,16-17,21-28,30-31,42-43,49H,5-12,15,18-20,29,32-33H2,1-4H3,(H4-,53,54,59,60,62,63,64,65,66,67). The van der Waals surface area contributed by atoms with Crippen LogP contribution in [0.4, 0.5) is 5.69 Å². The smallest absolute Gasteiger partial charge is 0.343 e. The van der Waals surface area contributed by atoms with Gasteiger partial charge in [0.05, 0.1) is 21.9 Å². The highest BCUT2D eigenvalue weighted by molar-refractivity contribution is 9.10. The third-order valence-electron chi connectivity index (χ3n) is 12.9. The third-order valence-corrected chi connectivity index (χ3v) is 16.6. The van der Waals surface area contributed by atoms with E-state index in [1.165, 1.54) is 4.90 Å². The minimum Gasteiger partial charge on any atom is -0.748 e. The summed E-state index contributed by atoms with van der Waals surface area (Å²) in [6.45, 7) is 12.0. The lowest BCUT2D eigenvalue weighted by Gasteiger charge is -2.28. The molecule has 19 heteroatoms. The number of Topliss-reactive ketones (excluding diaryl/α,β-unsaturated/α-hetero) is 1. The molecule has 3 unspecified atom stereocenters. The molecule has 1 aliphatic carbocycles. The van der Waals surface area contributed by atoms with Crippen LogP contribution in [0.25, 0.3) is 33.4 Å². The number of carbonyl (C=O) groups is 4. The lowest BCUT2D eigenvalue weighted by molar-refractivity contribution is -0.129. The number of benzene rings is 4. The van der Waals surface area contributed by atoms with Crippen LogP contribution in [0.15, 0.2) is 89.3 Å². The number of alkyl halides is 1. The number of hydrogen-bond acceptors (Lipinski definition) is 10. The highest BCUT2D eigenvalue weighted by Crippen LogP contribution is 2.55. The number of ketones is 1. The number of fused-ring (bicyclic) bond motifs is 2. The Morgan fingerprint density at radius 3 is 2.24 bits per heavy atom. The Bertz CT molecular complexity index is 2880. The molecule has 3 atom stereocenters. The first kappa shape index (κ1) is 54.1. The van der Waals surface area contributed by atoms with Gasteiger partial charge in [0.15, 0.2) is 5.78 Å². The van der Waals surface area contributed by atoms with E-state index in [9.17, 15) is 46.5 Å². The van der Waals surface area contributed by atoms with E-state index >= 15 is 0 Å². The van der Waals surface area contributed by atoms with Crippen molar-refractivity contribution in [2.24, 2.45) is 0 Å². The summed E-state index contributed by atoms with van der Waals surface area (Å²) < 4.78 is 55.4. The summed E-state index contributed by atoms with van der Waals surface area (Å²) in [6, 6.07) is 23.3. The number of anilines is 1. The average molecular weight is 1070 g/mol. The second-order valence-electron chi connectivity index (χ2n) is 17.5. The fourth-order valence-corrected chi connectivity index (χ4v) is 10.7. The van der Waals surface area contributed by atoms with Crippen molar-refractivity contribution in [3.8, 4) is 22.5 Å². The number of nitrogens with one attached hydrogen (secondary N) is 2. The number of halogens is 1. The van der Waals surface area contributed by atoms with Gasteiger partial charge in [-0.2, -0.15) is 0 Å². The van der Waals surface area contributed by atoms with Crippen LogP contribution >= 0.6 is 23.5 Å². The fraction of sp³-hybridized carbons (Fsp3) is 0.431. The minimum absolute atomic E-state index is 0.112. The fourth-order valence-electron chi connectivity index (χ4n) is 9.13. The molecule has 3 aromatic carbocycles. The first-order valence-electron chi connectivity index (χ1n) is 23.9. The van der Waals surface area contributed by atoms with Gasteiger partial charge >= 0.3 is 7.60 Å². The molecule has 3 amide bonds. The number of unbranched alkanes of at least 4 members (excludes halogenated alkanes) is 3. The number of rotatable bonds is 23. The van der Waals surface area contributed by atoms with Crippen molar-refractivity contribution in [1.82, 2.24) is 20.1 Å². The molecule has 1 fully saturated rings. The molecule has 6 rings (SSSR count). The largest absolute Gasteiger partial charge is 0.748 e. The zero-order valence-electron chi connectivity index (χ0n) is 40.1. The molecule has 70 heavy (non-hydrogen) atoms. The van der Waals surface area contributed by atoms with Gasteiger partial charge in [-0.1, -0.05) is 71.2 Å². The van der Waals surface area contributed by atoms with Crippen molar-refractivity contribution in [2.45, 2.75) is 102 Å². The molecular formula is C51H63BrN5O11PS. The quantitative estimate of drug-likeness (QED) is 0.0126. The zero-order valence-corrected chi connectivity index (χ0v) is 43.4. The highest BCUT2D eigenvalue weighted by atomic mass is 79.9. The van der Waals surface area contributed by atoms with Gasteiger partial charge in [0, 0.05) is 78.9 Å². The number of amides is 3. The molecule has 1 saturated heterocycles. The van der Waals surface area contributed by atoms with Crippen LogP contribution in [0, 0.1) is 0 Å². The minimum atomic E-state index is -4.95. The summed E-state index contributed by atoms with van der Waals surface area (Å²) >= 11 is 3.01. The number of likely N-dealkylation sites (tertiary alicyclic amines) is 1. The molecule has 0 spiro atoms. The zero-order chi connectivity index (χ0) is 50.8. The Hall–Kier alpha value is -5.23. The first-order valence-corrected chi connectivity index (χ1v) is 28.1. The van der Waals surface area contributed by atoms with Gasteiger partial charge in [-0.15, -0.1) is 0 Å². The summed E-state index contributed by atoms with van der Waals surface area (Å²) in [5.74, 6) is -2.44. The van der Waals surface area contributed by atoms with Crippen LogP contribution in [0.2, 0.25) is 0 Å². The van der Waals surface area contributed by atoms with Gasteiger partial charge < -0.3 is 39.2 Å². The van der Waals surface area contributed by atoms with Crippen LogP contribution in [-0.2, 0) is 35.6 Å². The van der Waals surface area contributed by atoms with E-state index in [2.05, 4.69) is 63.7 Å². The van der Waals surface area contributed by atoms with Gasteiger partial charge in [0.25, 0.3) is 5.91 Å². The monoisotopic (exact) mass is 1060 g/mol. The maximum absolute atomic E-state index is 14.8. The van der Waals surface area contributed by atoms with Gasteiger partial charge in [0.1, 0.15) is 41.1 Å². The van der Waals surface area contributed by atoms with Crippen molar-refractivity contribution in [3.63, 3.8) is 0 Å². The van der Waals surface area contributed by atoms with Crippen molar-refractivity contribution in [2.75, 3.05) is 43.4 Å². The van der Waals surface area contributed by atoms with E-state index in [1.807, 2.05) is 48.5 Å². The van der Waals surface area contributed by atoms with E-state index in [0.717, 1.165) is 59.3 Å². The predicted octanol–water partition coefficient (Wildman–Crippen LogP) is 7.29. The van der Waals surface area contributed by atoms with Gasteiger partial charge in [-0.25, -0.2) is 13.0 Å². The molecule has 3 aromatic rings. The van der Waals surface area contributed by atoms with Crippen LogP contribution in [0.1, 0.15) is 105 Å². The second kappa shape index (κ2) is 24.3. The van der Waals surface area contributed by atoms with Crippen molar-refractivity contribution in [1.29, 1.82) is 0 Å². The van der Waals surface area contributed by atoms with Crippen molar-refractivity contribution >= 4 is 73.8 Å². The lowest BCUT2D eigenvalue weighted by atomic mass is 9.90.